The van der Waals surface area contributed by atoms with Gasteiger partial charge in [-0.1, -0.05) is 0 Å². The predicted octanol–water partition coefficient (Wildman–Crippen LogP) is 1.28. The van der Waals surface area contributed by atoms with Crippen LogP contribution < -0.4 is 5.73 Å². The Morgan fingerprint density at radius 1 is 1.56 bits per heavy atom. The van der Waals surface area contributed by atoms with Gasteiger partial charge in [-0.15, -0.1) is 0 Å². The fourth-order valence-corrected chi connectivity index (χ4v) is 1.29. The first-order valence-electron chi connectivity index (χ1n) is 4.73. The molecule has 1 aromatic rings. The van der Waals surface area contributed by atoms with Crippen LogP contribution in [0.15, 0.2) is 18.2 Å². The highest BCUT2D eigenvalue weighted by Crippen LogP contribution is 2.21. The van der Waals surface area contributed by atoms with E-state index in [0.29, 0.717) is 5.69 Å². The molecule has 1 rings (SSSR count). The standard InChI is InChI=1S/C10H12N2O4/c1-2-16-10(13)6-7-5-8(11)3-4-9(7)12(14)15/h3-5H,2,6,11H2,1H3. The van der Waals surface area contributed by atoms with Crippen LogP contribution in [0.3, 0.4) is 0 Å². The Morgan fingerprint density at radius 2 is 2.25 bits per heavy atom. The lowest BCUT2D eigenvalue weighted by Crippen LogP contribution is -2.09. The quantitative estimate of drug-likeness (QED) is 0.359. The molecule has 0 atom stereocenters. The minimum absolute atomic E-state index is 0.123. The number of carbonyl (C=O) groups is 1. The Balaban J connectivity index is 2.96. The number of nitro groups is 1. The highest BCUT2D eigenvalue weighted by Gasteiger charge is 2.16. The third kappa shape index (κ3) is 2.94. The molecule has 0 aromatic heterocycles. The van der Waals surface area contributed by atoms with E-state index in [1.54, 1.807) is 6.92 Å². The van der Waals surface area contributed by atoms with E-state index in [0.717, 1.165) is 0 Å². The summed E-state index contributed by atoms with van der Waals surface area (Å²) < 4.78 is 4.72. The van der Waals surface area contributed by atoms with E-state index in [1.165, 1.54) is 18.2 Å². The number of nitrogens with zero attached hydrogens (tertiary/aromatic N) is 1. The molecule has 6 nitrogen and oxygen atoms in total. The summed E-state index contributed by atoms with van der Waals surface area (Å²) in [5.41, 5.74) is 6.03. The Morgan fingerprint density at radius 3 is 2.81 bits per heavy atom. The van der Waals surface area contributed by atoms with Gasteiger partial charge >= 0.3 is 5.97 Å². The van der Waals surface area contributed by atoms with Gasteiger partial charge in [-0.3, -0.25) is 14.9 Å². The molecule has 0 fully saturated rings. The number of benzene rings is 1. The van der Waals surface area contributed by atoms with Crippen LogP contribution in [0.5, 0.6) is 0 Å². The number of anilines is 1. The molecule has 0 spiro atoms. The van der Waals surface area contributed by atoms with E-state index in [9.17, 15) is 14.9 Å². The van der Waals surface area contributed by atoms with Gasteiger partial charge in [0.2, 0.25) is 0 Å². The molecule has 0 aliphatic carbocycles. The van der Waals surface area contributed by atoms with Gasteiger partial charge in [0.1, 0.15) is 0 Å². The number of hydrogen-bond donors (Lipinski definition) is 1. The van der Waals surface area contributed by atoms with Crippen LogP contribution in [0, 0.1) is 10.1 Å². The highest BCUT2D eigenvalue weighted by atomic mass is 16.6. The Kier molecular flexibility index (Phi) is 3.82. The van der Waals surface area contributed by atoms with Crippen molar-refractivity contribution in [2.75, 3.05) is 12.3 Å². The lowest BCUT2D eigenvalue weighted by atomic mass is 10.1. The number of rotatable bonds is 4. The van der Waals surface area contributed by atoms with Gasteiger partial charge in [0.25, 0.3) is 5.69 Å². The van der Waals surface area contributed by atoms with Gasteiger partial charge < -0.3 is 10.5 Å². The molecule has 0 unspecified atom stereocenters. The first-order valence-corrected chi connectivity index (χ1v) is 4.73. The van der Waals surface area contributed by atoms with Crippen molar-refractivity contribution < 1.29 is 14.5 Å². The van der Waals surface area contributed by atoms with Crippen LogP contribution in [-0.4, -0.2) is 17.5 Å². The molecule has 6 heteroatoms. The van der Waals surface area contributed by atoms with Crippen molar-refractivity contribution in [1.82, 2.24) is 0 Å². The predicted molar refractivity (Wildman–Crippen MR) is 57.8 cm³/mol. The average molecular weight is 224 g/mol. The molecule has 0 aliphatic rings. The highest BCUT2D eigenvalue weighted by molar-refractivity contribution is 5.75. The lowest BCUT2D eigenvalue weighted by molar-refractivity contribution is -0.385. The first kappa shape index (κ1) is 12.0. The second kappa shape index (κ2) is 5.11. The molecule has 0 radical (unpaired) electrons. The lowest BCUT2D eigenvalue weighted by Gasteiger charge is -2.04. The topological polar surface area (TPSA) is 95.5 Å². The van der Waals surface area contributed by atoms with Crippen LogP contribution >= 0.6 is 0 Å². The SMILES string of the molecule is CCOC(=O)Cc1cc(N)ccc1[N+](=O)[O-]. The Hall–Kier alpha value is -2.11. The molecule has 0 amide bonds. The summed E-state index contributed by atoms with van der Waals surface area (Å²) in [4.78, 5) is 21.4. The van der Waals surface area contributed by atoms with Crippen LogP contribution in [-0.2, 0) is 16.0 Å². The largest absolute Gasteiger partial charge is 0.466 e. The summed E-state index contributed by atoms with van der Waals surface area (Å²) >= 11 is 0. The smallest absolute Gasteiger partial charge is 0.310 e. The van der Waals surface area contributed by atoms with Crippen LogP contribution in [0.1, 0.15) is 12.5 Å². The van der Waals surface area contributed by atoms with Crippen LogP contribution in [0.4, 0.5) is 11.4 Å². The molecule has 0 saturated heterocycles. The van der Waals surface area contributed by atoms with Gasteiger partial charge in [0.15, 0.2) is 0 Å². The van der Waals surface area contributed by atoms with E-state index >= 15 is 0 Å². The van der Waals surface area contributed by atoms with Crippen LogP contribution in [0.2, 0.25) is 0 Å². The Bertz CT molecular complexity index is 417. The first-order chi connectivity index (χ1) is 7.54. The number of carbonyl (C=O) groups excluding carboxylic acids is 1. The monoisotopic (exact) mass is 224 g/mol. The normalized spacial score (nSPS) is 9.81. The van der Waals surface area contributed by atoms with Crippen molar-refractivity contribution in [3.63, 3.8) is 0 Å². The van der Waals surface area contributed by atoms with Crippen molar-refractivity contribution in [3.8, 4) is 0 Å². The fraction of sp³-hybridized carbons (Fsp3) is 0.300. The number of ether oxygens (including phenoxy) is 1. The van der Waals surface area contributed by atoms with Gasteiger partial charge in [0.05, 0.1) is 18.0 Å². The fourth-order valence-electron chi connectivity index (χ4n) is 1.29. The molecule has 0 saturated carbocycles. The zero-order chi connectivity index (χ0) is 12.1. The molecule has 0 heterocycles. The number of nitrogens with two attached hydrogens (primary N) is 1. The maximum atomic E-state index is 11.2. The molecular weight excluding hydrogens is 212 g/mol. The number of hydrogen-bond acceptors (Lipinski definition) is 5. The van der Waals surface area contributed by atoms with Crippen molar-refractivity contribution in [3.05, 3.63) is 33.9 Å². The summed E-state index contributed by atoms with van der Waals surface area (Å²) in [5, 5.41) is 10.7. The molecule has 0 bridgehead atoms. The molecular formula is C10H12N2O4. The number of nitrogen functional groups attached to an aromatic ring is 1. The minimum atomic E-state index is -0.548. The van der Waals surface area contributed by atoms with Gasteiger partial charge in [-0.25, -0.2) is 0 Å². The molecule has 2 N–H and O–H groups in total. The summed E-state index contributed by atoms with van der Waals surface area (Å²) in [6.45, 7) is 1.92. The summed E-state index contributed by atoms with van der Waals surface area (Å²) in [6.07, 6.45) is -0.144. The van der Waals surface area contributed by atoms with Crippen molar-refractivity contribution in [2.45, 2.75) is 13.3 Å². The van der Waals surface area contributed by atoms with E-state index < -0.39 is 10.9 Å². The zero-order valence-electron chi connectivity index (χ0n) is 8.80. The van der Waals surface area contributed by atoms with Crippen molar-refractivity contribution in [1.29, 1.82) is 0 Å². The van der Waals surface area contributed by atoms with Gasteiger partial charge in [-0.2, -0.15) is 0 Å². The summed E-state index contributed by atoms with van der Waals surface area (Å²) in [6, 6.07) is 4.12. The summed E-state index contributed by atoms with van der Waals surface area (Å²) in [5.74, 6) is -0.504. The van der Waals surface area contributed by atoms with E-state index in [2.05, 4.69) is 0 Å². The number of nitro benzene ring substituents is 1. The van der Waals surface area contributed by atoms with Gasteiger partial charge in [0, 0.05) is 17.3 Å². The zero-order valence-corrected chi connectivity index (χ0v) is 8.80. The molecule has 1 aromatic carbocycles. The maximum absolute atomic E-state index is 11.2. The van der Waals surface area contributed by atoms with E-state index in [-0.39, 0.29) is 24.3 Å². The maximum Gasteiger partial charge on any atom is 0.310 e. The van der Waals surface area contributed by atoms with Gasteiger partial charge in [-0.05, 0) is 19.1 Å². The van der Waals surface area contributed by atoms with Crippen LogP contribution in [0.25, 0.3) is 0 Å². The minimum Gasteiger partial charge on any atom is -0.466 e. The van der Waals surface area contributed by atoms with Crippen molar-refractivity contribution >= 4 is 17.3 Å². The molecule has 0 aliphatic heterocycles. The second-order valence-electron chi connectivity index (χ2n) is 3.13. The van der Waals surface area contributed by atoms with Crippen molar-refractivity contribution in [2.24, 2.45) is 0 Å². The third-order valence-corrected chi connectivity index (χ3v) is 1.94. The molecule has 86 valence electrons. The molecule has 16 heavy (non-hydrogen) atoms. The summed E-state index contributed by atoms with van der Waals surface area (Å²) in [7, 11) is 0. The van der Waals surface area contributed by atoms with E-state index in [1.807, 2.05) is 0 Å². The number of esters is 1. The Labute approximate surface area is 92.2 Å². The third-order valence-electron chi connectivity index (χ3n) is 1.94. The second-order valence-corrected chi connectivity index (χ2v) is 3.13. The van der Waals surface area contributed by atoms with E-state index in [4.69, 9.17) is 10.5 Å². The average Bonchev–Trinajstić information content (AvgIpc) is 2.17.